The largest absolute Gasteiger partial charge is 0.473 e. The van der Waals surface area contributed by atoms with Crippen molar-refractivity contribution in [1.82, 2.24) is 14.5 Å². The number of ether oxygens (including phenoxy) is 2. The van der Waals surface area contributed by atoms with Crippen LogP contribution in [0, 0.1) is 5.82 Å². The van der Waals surface area contributed by atoms with E-state index in [1.807, 2.05) is 25.8 Å². The SMILES string of the molecule is CN1c2cc(OCc3ccc(Oc4cncc(C(F)(F)F)c4)c(F)c3)nc(=O)n2CC1(C)C. The van der Waals surface area contributed by atoms with E-state index in [0.29, 0.717) is 24.1 Å². The van der Waals surface area contributed by atoms with Gasteiger partial charge in [-0.25, -0.2) is 9.18 Å². The molecule has 0 spiro atoms. The summed E-state index contributed by atoms with van der Waals surface area (Å²) in [5.41, 5.74) is -1.28. The van der Waals surface area contributed by atoms with E-state index in [4.69, 9.17) is 9.47 Å². The first-order valence-electron chi connectivity index (χ1n) is 9.91. The lowest BCUT2D eigenvalue weighted by molar-refractivity contribution is -0.137. The molecule has 33 heavy (non-hydrogen) atoms. The summed E-state index contributed by atoms with van der Waals surface area (Å²) in [6.45, 7) is 4.42. The summed E-state index contributed by atoms with van der Waals surface area (Å²) in [7, 11) is 1.87. The van der Waals surface area contributed by atoms with Crippen LogP contribution in [0.3, 0.4) is 0 Å². The zero-order chi connectivity index (χ0) is 24.0. The Morgan fingerprint density at radius 3 is 2.61 bits per heavy atom. The van der Waals surface area contributed by atoms with Crippen LogP contribution >= 0.6 is 0 Å². The summed E-state index contributed by atoms with van der Waals surface area (Å²) in [5.74, 6) is -0.539. The van der Waals surface area contributed by atoms with Crippen molar-refractivity contribution in [3.63, 3.8) is 0 Å². The number of pyridine rings is 1. The lowest BCUT2D eigenvalue weighted by atomic mass is 10.1. The van der Waals surface area contributed by atoms with Crippen LogP contribution in [0.15, 0.2) is 47.5 Å². The molecule has 0 N–H and O–H groups in total. The van der Waals surface area contributed by atoms with E-state index in [0.717, 1.165) is 18.3 Å². The van der Waals surface area contributed by atoms with E-state index in [1.165, 1.54) is 12.1 Å². The molecule has 11 heteroatoms. The smallest absolute Gasteiger partial charge is 0.418 e. The van der Waals surface area contributed by atoms with E-state index < -0.39 is 23.2 Å². The number of nitrogens with zero attached hydrogens (tertiary/aromatic N) is 4. The minimum Gasteiger partial charge on any atom is -0.473 e. The summed E-state index contributed by atoms with van der Waals surface area (Å²) < 4.78 is 65.3. The van der Waals surface area contributed by atoms with Gasteiger partial charge in [0.2, 0.25) is 5.88 Å². The zero-order valence-corrected chi connectivity index (χ0v) is 18.0. The van der Waals surface area contributed by atoms with Crippen molar-refractivity contribution in [2.45, 2.75) is 38.7 Å². The highest BCUT2D eigenvalue weighted by atomic mass is 19.4. The number of rotatable bonds is 5. The Kier molecular flexibility index (Phi) is 5.51. The molecule has 0 atom stereocenters. The highest BCUT2D eigenvalue weighted by Gasteiger charge is 2.35. The predicted octanol–water partition coefficient (Wildman–Crippen LogP) is 4.40. The lowest BCUT2D eigenvalue weighted by Crippen LogP contribution is -2.38. The molecule has 0 saturated heterocycles. The van der Waals surface area contributed by atoms with Gasteiger partial charge in [0, 0.05) is 19.3 Å². The van der Waals surface area contributed by atoms with Crippen LogP contribution in [-0.2, 0) is 19.3 Å². The van der Waals surface area contributed by atoms with Crippen LogP contribution in [0.25, 0.3) is 0 Å². The fraction of sp³-hybridized carbons (Fsp3) is 0.318. The van der Waals surface area contributed by atoms with Gasteiger partial charge >= 0.3 is 11.9 Å². The average Bonchev–Trinajstić information content (AvgIpc) is 2.97. The molecular formula is C22H20F4N4O3. The molecule has 3 aromatic rings. The molecule has 0 bridgehead atoms. The third kappa shape index (κ3) is 4.62. The Morgan fingerprint density at radius 1 is 1.15 bits per heavy atom. The van der Waals surface area contributed by atoms with Crippen molar-refractivity contribution in [2.24, 2.45) is 0 Å². The molecule has 3 heterocycles. The minimum absolute atomic E-state index is 0.0781. The molecule has 7 nitrogen and oxygen atoms in total. The highest BCUT2D eigenvalue weighted by Crippen LogP contribution is 2.33. The Morgan fingerprint density at radius 2 is 1.91 bits per heavy atom. The third-order valence-electron chi connectivity index (χ3n) is 5.41. The first-order chi connectivity index (χ1) is 15.4. The van der Waals surface area contributed by atoms with E-state index in [1.54, 1.807) is 10.6 Å². The summed E-state index contributed by atoms with van der Waals surface area (Å²) in [6, 6.07) is 6.28. The molecule has 2 aromatic heterocycles. The Hall–Kier alpha value is -3.63. The van der Waals surface area contributed by atoms with Gasteiger partial charge in [-0.2, -0.15) is 18.2 Å². The Labute approximate surface area is 186 Å². The van der Waals surface area contributed by atoms with Gasteiger partial charge in [-0.3, -0.25) is 9.55 Å². The average molecular weight is 464 g/mol. The predicted molar refractivity (Wildman–Crippen MR) is 111 cm³/mol. The molecule has 174 valence electrons. The first-order valence-corrected chi connectivity index (χ1v) is 9.91. The van der Waals surface area contributed by atoms with Gasteiger partial charge < -0.3 is 14.4 Å². The minimum atomic E-state index is -4.59. The van der Waals surface area contributed by atoms with Crippen molar-refractivity contribution in [2.75, 3.05) is 11.9 Å². The van der Waals surface area contributed by atoms with Gasteiger partial charge in [0.25, 0.3) is 0 Å². The number of hydrogen-bond donors (Lipinski definition) is 0. The maximum absolute atomic E-state index is 14.5. The normalized spacial score (nSPS) is 14.8. The third-order valence-corrected chi connectivity index (χ3v) is 5.41. The number of likely N-dealkylation sites (N-methyl/N-ethyl adjacent to an activating group) is 1. The molecule has 0 saturated carbocycles. The first kappa shape index (κ1) is 22.6. The van der Waals surface area contributed by atoms with Crippen LogP contribution in [0.4, 0.5) is 23.4 Å². The molecule has 0 unspecified atom stereocenters. The van der Waals surface area contributed by atoms with Crippen molar-refractivity contribution in [3.05, 3.63) is 70.2 Å². The van der Waals surface area contributed by atoms with E-state index in [2.05, 4.69) is 9.97 Å². The number of hydrogen-bond acceptors (Lipinski definition) is 6. The summed E-state index contributed by atoms with van der Waals surface area (Å²) in [5, 5.41) is 0. The van der Waals surface area contributed by atoms with Crippen molar-refractivity contribution < 1.29 is 27.0 Å². The summed E-state index contributed by atoms with van der Waals surface area (Å²) >= 11 is 0. The standard InChI is InChI=1S/C22H20F4N4O3/c1-21(2)12-30-19(29(21)3)8-18(28-20(30)31)32-11-13-4-5-17(16(23)6-13)33-15-7-14(9-27-10-15)22(24,25)26/h4-10H,11-12H2,1-3H3. The van der Waals surface area contributed by atoms with Gasteiger partial charge in [-0.15, -0.1) is 0 Å². The summed E-state index contributed by atoms with van der Waals surface area (Å²) in [4.78, 5) is 21.7. The molecular weight excluding hydrogens is 444 g/mol. The van der Waals surface area contributed by atoms with Crippen LogP contribution in [0.5, 0.6) is 17.4 Å². The van der Waals surface area contributed by atoms with Crippen LogP contribution in [0.1, 0.15) is 25.0 Å². The van der Waals surface area contributed by atoms with Gasteiger partial charge in [0.15, 0.2) is 11.6 Å². The number of anilines is 1. The zero-order valence-electron chi connectivity index (χ0n) is 18.0. The van der Waals surface area contributed by atoms with Crippen molar-refractivity contribution >= 4 is 5.82 Å². The topological polar surface area (TPSA) is 69.5 Å². The highest BCUT2D eigenvalue weighted by molar-refractivity contribution is 5.48. The second-order valence-corrected chi connectivity index (χ2v) is 8.26. The quantitative estimate of drug-likeness (QED) is 0.522. The lowest BCUT2D eigenvalue weighted by Gasteiger charge is -2.28. The number of fused-ring (bicyclic) bond motifs is 1. The molecule has 0 radical (unpaired) electrons. The summed E-state index contributed by atoms with van der Waals surface area (Å²) in [6.07, 6.45) is -2.88. The number of alkyl halides is 3. The molecule has 1 aromatic carbocycles. The maximum Gasteiger partial charge on any atom is 0.418 e. The second-order valence-electron chi connectivity index (χ2n) is 8.26. The number of aromatic nitrogens is 3. The van der Waals surface area contributed by atoms with E-state index in [9.17, 15) is 22.4 Å². The van der Waals surface area contributed by atoms with E-state index >= 15 is 0 Å². The van der Waals surface area contributed by atoms with Crippen molar-refractivity contribution in [3.8, 4) is 17.4 Å². The second kappa shape index (κ2) is 8.05. The van der Waals surface area contributed by atoms with E-state index in [-0.39, 0.29) is 29.5 Å². The molecule has 0 fully saturated rings. The van der Waals surface area contributed by atoms with Gasteiger partial charge in [-0.1, -0.05) is 6.07 Å². The van der Waals surface area contributed by atoms with Crippen LogP contribution in [0.2, 0.25) is 0 Å². The molecule has 1 aliphatic heterocycles. The van der Waals surface area contributed by atoms with Gasteiger partial charge in [0.1, 0.15) is 18.2 Å². The molecule has 0 aliphatic carbocycles. The molecule has 1 aliphatic rings. The molecule has 0 amide bonds. The van der Waals surface area contributed by atoms with Crippen LogP contribution < -0.4 is 20.1 Å². The Bertz CT molecular complexity index is 1260. The van der Waals surface area contributed by atoms with Gasteiger partial charge in [0.05, 0.1) is 23.8 Å². The van der Waals surface area contributed by atoms with Gasteiger partial charge in [-0.05, 0) is 37.6 Å². The maximum atomic E-state index is 14.5. The van der Waals surface area contributed by atoms with Crippen molar-refractivity contribution in [1.29, 1.82) is 0 Å². The number of benzene rings is 1. The fourth-order valence-electron chi connectivity index (χ4n) is 3.41. The van der Waals surface area contributed by atoms with Crippen LogP contribution in [-0.4, -0.2) is 27.1 Å². The molecule has 4 rings (SSSR count). The Balaban J connectivity index is 1.47. The fourth-order valence-corrected chi connectivity index (χ4v) is 3.41. The number of halogens is 4. The monoisotopic (exact) mass is 464 g/mol.